The van der Waals surface area contributed by atoms with Gasteiger partial charge in [0.05, 0.1) is 24.4 Å². The average molecular weight is 1030 g/mol. The zero-order valence-electron chi connectivity index (χ0n) is 46.5. The molecule has 4 atom stereocenters. The Morgan fingerprint density at radius 1 is 0.386 bits per heavy atom. The molecular weight excluding hydrogens is 913 g/mol. The topological polar surface area (TPSA) is 128 Å². The second kappa shape index (κ2) is 49.6. The molecular formula is C58H116N4O6S2. The van der Waals surface area contributed by atoms with Crippen LogP contribution in [0.5, 0.6) is 0 Å². The van der Waals surface area contributed by atoms with Crippen molar-refractivity contribution in [3.05, 3.63) is 0 Å². The van der Waals surface area contributed by atoms with E-state index in [0.29, 0.717) is 39.0 Å². The lowest BCUT2D eigenvalue weighted by atomic mass is 10.1. The van der Waals surface area contributed by atoms with Crippen molar-refractivity contribution in [3.63, 3.8) is 0 Å². The SMILES string of the molecule is CCCCCCCCC(O)CN(CCCCC(=O)SCCN1CCN(CCSC(=O)CCCCN(CC(O)CCCCCCCC)CC(O)CCCCCCCC)CC1)CC(O)CCCCCCCC. The minimum atomic E-state index is -0.364. The van der Waals surface area contributed by atoms with Gasteiger partial charge in [0.1, 0.15) is 0 Å². The molecule has 12 heteroatoms. The molecule has 0 saturated carbocycles. The fraction of sp³-hybridized carbons (Fsp3) is 0.966. The van der Waals surface area contributed by atoms with E-state index in [-0.39, 0.29) is 34.6 Å². The number of unbranched alkanes of at least 4 members (excludes halogenated alkanes) is 22. The van der Waals surface area contributed by atoms with Gasteiger partial charge in [0.2, 0.25) is 0 Å². The summed E-state index contributed by atoms with van der Waals surface area (Å²) >= 11 is 2.94. The van der Waals surface area contributed by atoms with Crippen molar-refractivity contribution in [2.45, 2.75) is 270 Å². The Balaban J connectivity index is 2.32. The summed E-state index contributed by atoms with van der Waals surface area (Å²) in [4.78, 5) is 35.1. The minimum absolute atomic E-state index is 0.269. The lowest BCUT2D eigenvalue weighted by Crippen LogP contribution is -2.47. The normalized spacial score (nSPS) is 15.6. The zero-order valence-corrected chi connectivity index (χ0v) is 48.1. The lowest BCUT2D eigenvalue weighted by molar-refractivity contribution is -0.111. The highest BCUT2D eigenvalue weighted by Gasteiger charge is 2.20. The monoisotopic (exact) mass is 1030 g/mol. The molecule has 0 spiro atoms. The highest BCUT2D eigenvalue weighted by atomic mass is 32.2. The van der Waals surface area contributed by atoms with Crippen LogP contribution in [0.3, 0.4) is 0 Å². The maximum Gasteiger partial charge on any atom is 0.188 e. The van der Waals surface area contributed by atoms with Crippen molar-refractivity contribution in [3.8, 4) is 0 Å². The van der Waals surface area contributed by atoms with Crippen LogP contribution in [0.1, 0.15) is 246 Å². The molecule has 416 valence electrons. The number of carbonyl (C=O) groups is 2. The largest absolute Gasteiger partial charge is 0.392 e. The molecule has 70 heavy (non-hydrogen) atoms. The summed E-state index contributed by atoms with van der Waals surface area (Å²) < 4.78 is 0. The predicted molar refractivity (Wildman–Crippen MR) is 304 cm³/mol. The Labute approximate surface area is 441 Å². The second-order valence-electron chi connectivity index (χ2n) is 21.4. The van der Waals surface area contributed by atoms with Crippen molar-refractivity contribution in [1.82, 2.24) is 19.6 Å². The number of hydrogen-bond acceptors (Lipinski definition) is 12. The van der Waals surface area contributed by atoms with Crippen molar-refractivity contribution in [2.24, 2.45) is 0 Å². The van der Waals surface area contributed by atoms with Crippen molar-refractivity contribution in [1.29, 1.82) is 0 Å². The molecule has 1 aliphatic rings. The van der Waals surface area contributed by atoms with Gasteiger partial charge in [0.15, 0.2) is 10.2 Å². The molecule has 0 aromatic rings. The van der Waals surface area contributed by atoms with Crippen molar-refractivity contribution < 1.29 is 30.0 Å². The van der Waals surface area contributed by atoms with E-state index in [1.807, 2.05) is 0 Å². The maximum absolute atomic E-state index is 12.8. The summed E-state index contributed by atoms with van der Waals surface area (Å²) in [7, 11) is 0. The first-order chi connectivity index (χ1) is 34.1. The summed E-state index contributed by atoms with van der Waals surface area (Å²) in [6, 6.07) is 0. The molecule has 1 saturated heterocycles. The van der Waals surface area contributed by atoms with Crippen LogP contribution in [-0.2, 0) is 9.59 Å². The van der Waals surface area contributed by atoms with Crippen LogP contribution < -0.4 is 0 Å². The van der Waals surface area contributed by atoms with Crippen LogP contribution in [0.25, 0.3) is 0 Å². The first kappa shape index (κ1) is 67.7. The van der Waals surface area contributed by atoms with Crippen LogP contribution in [0, 0.1) is 0 Å². The van der Waals surface area contributed by atoms with Gasteiger partial charge < -0.3 is 20.4 Å². The van der Waals surface area contributed by atoms with Crippen LogP contribution >= 0.6 is 23.5 Å². The molecule has 0 aromatic heterocycles. The van der Waals surface area contributed by atoms with Crippen LogP contribution in [0.15, 0.2) is 0 Å². The Kier molecular flexibility index (Phi) is 48.0. The van der Waals surface area contributed by atoms with Crippen molar-refractivity contribution in [2.75, 3.05) is 90.0 Å². The molecule has 0 aliphatic carbocycles. The molecule has 1 rings (SSSR count). The predicted octanol–water partition coefficient (Wildman–Crippen LogP) is 12.5. The Bertz CT molecular complexity index is 1020. The highest BCUT2D eigenvalue weighted by molar-refractivity contribution is 8.13. The minimum Gasteiger partial charge on any atom is -0.392 e. The fourth-order valence-electron chi connectivity index (χ4n) is 9.88. The van der Waals surface area contributed by atoms with E-state index in [9.17, 15) is 30.0 Å². The number of piperazine rings is 1. The average Bonchev–Trinajstić information content (AvgIpc) is 3.34. The van der Waals surface area contributed by atoms with E-state index in [2.05, 4.69) is 47.3 Å². The maximum atomic E-state index is 12.8. The van der Waals surface area contributed by atoms with Crippen LogP contribution in [0.4, 0.5) is 0 Å². The van der Waals surface area contributed by atoms with E-state index < -0.39 is 0 Å². The molecule has 10 nitrogen and oxygen atoms in total. The van der Waals surface area contributed by atoms with E-state index in [0.717, 1.165) is 141 Å². The van der Waals surface area contributed by atoms with Gasteiger partial charge in [-0.15, -0.1) is 0 Å². The number of nitrogens with zero attached hydrogens (tertiary/aromatic N) is 4. The molecule has 0 bridgehead atoms. The molecule has 4 N–H and O–H groups in total. The van der Waals surface area contributed by atoms with Crippen LogP contribution in [-0.4, -0.2) is 165 Å². The number of hydrogen-bond donors (Lipinski definition) is 4. The number of thioether (sulfide) groups is 2. The van der Waals surface area contributed by atoms with Gasteiger partial charge in [0, 0.05) is 89.8 Å². The fourth-order valence-corrected chi connectivity index (χ4v) is 11.6. The van der Waals surface area contributed by atoms with Gasteiger partial charge in [-0.1, -0.05) is 205 Å². The van der Waals surface area contributed by atoms with Gasteiger partial charge in [-0.25, -0.2) is 0 Å². The standard InChI is InChI=1S/C58H116N4O6S2/c1-5-9-13-17-21-25-33-53(63)49-61(50-54(64)34-26-22-18-14-10-6-2)39-31-29-37-57(67)69-47-45-59-41-43-60(44-42-59)46-48-70-58(68)38-30-32-40-62(51-55(65)35-27-23-19-15-11-7-3)52-56(66)36-28-24-20-16-12-8-4/h53-56,63-66H,5-52H2,1-4H3. The second-order valence-corrected chi connectivity index (χ2v) is 23.7. The first-order valence-electron chi connectivity index (χ1n) is 30.0. The molecule has 0 amide bonds. The zero-order chi connectivity index (χ0) is 51.1. The Hall–Kier alpha value is -0.280. The quantitative estimate of drug-likeness (QED) is 0.0433. The third-order valence-corrected chi connectivity index (χ3v) is 16.3. The molecule has 0 aromatic carbocycles. The van der Waals surface area contributed by atoms with Crippen molar-refractivity contribution >= 4 is 33.8 Å². The molecule has 1 fully saturated rings. The van der Waals surface area contributed by atoms with E-state index >= 15 is 0 Å². The first-order valence-corrected chi connectivity index (χ1v) is 32.0. The lowest BCUT2D eigenvalue weighted by Gasteiger charge is -2.34. The summed E-state index contributed by atoms with van der Waals surface area (Å²) in [5, 5.41) is 44.1. The Morgan fingerprint density at radius 2 is 0.643 bits per heavy atom. The number of aliphatic hydroxyl groups excluding tert-OH is 4. The van der Waals surface area contributed by atoms with Gasteiger partial charge >= 0.3 is 0 Å². The Morgan fingerprint density at radius 3 is 0.914 bits per heavy atom. The van der Waals surface area contributed by atoms with Gasteiger partial charge in [-0.05, 0) is 64.5 Å². The molecule has 0 radical (unpaired) electrons. The summed E-state index contributed by atoms with van der Waals surface area (Å²) in [5.74, 6) is 1.64. The molecule has 4 unspecified atom stereocenters. The van der Waals surface area contributed by atoms with E-state index in [4.69, 9.17) is 0 Å². The molecule has 1 heterocycles. The van der Waals surface area contributed by atoms with Gasteiger partial charge in [-0.2, -0.15) is 0 Å². The molecule has 1 aliphatic heterocycles. The van der Waals surface area contributed by atoms with Crippen LogP contribution in [0.2, 0.25) is 0 Å². The van der Waals surface area contributed by atoms with E-state index in [1.54, 1.807) is 0 Å². The third-order valence-electron chi connectivity index (χ3n) is 14.5. The third kappa shape index (κ3) is 43.0. The van der Waals surface area contributed by atoms with E-state index in [1.165, 1.54) is 152 Å². The highest BCUT2D eigenvalue weighted by Crippen LogP contribution is 2.18. The smallest absolute Gasteiger partial charge is 0.188 e. The number of rotatable bonds is 52. The van der Waals surface area contributed by atoms with Gasteiger partial charge in [0.25, 0.3) is 0 Å². The summed E-state index contributed by atoms with van der Waals surface area (Å²) in [6.07, 6.45) is 35.7. The summed E-state index contributed by atoms with van der Waals surface area (Å²) in [6.45, 7) is 18.8. The number of aliphatic hydroxyl groups is 4. The summed E-state index contributed by atoms with van der Waals surface area (Å²) in [5.41, 5.74) is 0. The number of carbonyl (C=O) groups excluding carboxylic acids is 2. The van der Waals surface area contributed by atoms with Gasteiger partial charge in [-0.3, -0.25) is 29.2 Å².